The van der Waals surface area contributed by atoms with Crippen molar-refractivity contribution >= 4 is 5.78 Å². The molecule has 3 nitrogen and oxygen atoms in total. The second-order valence-corrected chi connectivity index (χ2v) is 4.22. The van der Waals surface area contributed by atoms with Crippen LogP contribution in [0.2, 0.25) is 0 Å². The Bertz CT molecular complexity index is 408. The summed E-state index contributed by atoms with van der Waals surface area (Å²) in [5.41, 5.74) is 0.941. The number of hydrogen-bond donors (Lipinski definition) is 0. The van der Waals surface area contributed by atoms with Crippen LogP contribution in [0.4, 0.5) is 0 Å². The van der Waals surface area contributed by atoms with Crippen molar-refractivity contribution in [3.63, 3.8) is 0 Å². The van der Waals surface area contributed by atoms with E-state index in [4.69, 9.17) is 0 Å². The lowest BCUT2D eigenvalue weighted by Crippen LogP contribution is -2.00. The normalized spacial score (nSPS) is 9.22. The molecule has 18 heavy (non-hydrogen) atoms. The average molecular weight is 248 g/mol. The molecule has 0 atom stereocenters. The van der Waals surface area contributed by atoms with Crippen molar-refractivity contribution in [1.29, 1.82) is 0 Å². The molecule has 0 N–H and O–H groups in total. The molecule has 0 spiro atoms. The topological polar surface area (TPSA) is 34.9 Å². The fourth-order valence-electron chi connectivity index (χ4n) is 1.27. The van der Waals surface area contributed by atoms with E-state index >= 15 is 0 Å². The van der Waals surface area contributed by atoms with Gasteiger partial charge in [0, 0.05) is 25.1 Å². The van der Waals surface area contributed by atoms with Crippen LogP contribution in [0.15, 0.2) is 12.4 Å². The minimum absolute atomic E-state index is 0.229. The fraction of sp³-hybridized carbons (Fsp3) is 0.600. The van der Waals surface area contributed by atoms with Gasteiger partial charge in [-0.1, -0.05) is 39.5 Å². The molecule has 0 saturated heterocycles. The third kappa shape index (κ3) is 7.67. The van der Waals surface area contributed by atoms with Gasteiger partial charge in [0.25, 0.3) is 0 Å². The number of hydrogen-bond acceptors (Lipinski definition) is 2. The van der Waals surface area contributed by atoms with Crippen LogP contribution in [0.5, 0.6) is 0 Å². The van der Waals surface area contributed by atoms with E-state index in [0.29, 0.717) is 12.3 Å². The third-order valence-electron chi connectivity index (χ3n) is 2.05. The molecular formula is C15H24N2O. The van der Waals surface area contributed by atoms with Crippen molar-refractivity contribution in [1.82, 2.24) is 9.78 Å². The zero-order valence-electron chi connectivity index (χ0n) is 12.2. The summed E-state index contributed by atoms with van der Waals surface area (Å²) < 4.78 is 1.84. The van der Waals surface area contributed by atoms with Crippen molar-refractivity contribution in [2.75, 3.05) is 0 Å². The number of nitrogens with zero attached hydrogens (tertiary/aromatic N) is 2. The molecule has 3 heteroatoms. The second kappa shape index (κ2) is 9.47. The van der Waals surface area contributed by atoms with Crippen molar-refractivity contribution in [2.24, 2.45) is 5.92 Å². The molecule has 0 bridgehead atoms. The number of aromatic nitrogens is 2. The first-order chi connectivity index (χ1) is 8.58. The number of ketones is 1. The minimum atomic E-state index is 0.229. The summed E-state index contributed by atoms with van der Waals surface area (Å²) in [6, 6.07) is 0. The summed E-state index contributed by atoms with van der Waals surface area (Å²) >= 11 is 0. The minimum Gasteiger partial charge on any atom is -0.300 e. The highest BCUT2D eigenvalue weighted by Gasteiger charge is 1.97. The van der Waals surface area contributed by atoms with Gasteiger partial charge in [-0.15, -0.1) is 0 Å². The van der Waals surface area contributed by atoms with Crippen LogP contribution in [-0.4, -0.2) is 15.6 Å². The van der Waals surface area contributed by atoms with Gasteiger partial charge in [-0.3, -0.25) is 4.68 Å². The zero-order chi connectivity index (χ0) is 14.0. The largest absolute Gasteiger partial charge is 0.300 e. The molecule has 0 saturated carbocycles. The van der Waals surface area contributed by atoms with E-state index in [9.17, 15) is 4.79 Å². The van der Waals surface area contributed by atoms with Gasteiger partial charge >= 0.3 is 0 Å². The molecule has 0 aliphatic carbocycles. The maximum Gasteiger partial charge on any atom is 0.129 e. The fourth-order valence-corrected chi connectivity index (χ4v) is 1.27. The zero-order valence-corrected chi connectivity index (χ0v) is 12.2. The Balaban J connectivity index is 0.00000137. The van der Waals surface area contributed by atoms with Gasteiger partial charge in [0.2, 0.25) is 0 Å². The smallest absolute Gasteiger partial charge is 0.129 e. The van der Waals surface area contributed by atoms with E-state index in [0.717, 1.165) is 18.5 Å². The van der Waals surface area contributed by atoms with E-state index in [1.807, 2.05) is 24.7 Å². The molecule has 1 rings (SSSR count). The van der Waals surface area contributed by atoms with Crippen LogP contribution in [-0.2, 0) is 11.3 Å². The third-order valence-corrected chi connectivity index (χ3v) is 2.05. The highest BCUT2D eigenvalue weighted by Crippen LogP contribution is 2.00. The molecule has 0 fully saturated rings. The number of carbonyl (C=O) groups excluding carboxylic acids is 1. The summed E-state index contributed by atoms with van der Waals surface area (Å²) in [6.45, 7) is 10.5. The lowest BCUT2D eigenvalue weighted by atomic mass is 10.2. The van der Waals surface area contributed by atoms with Crippen LogP contribution in [0.25, 0.3) is 0 Å². The predicted molar refractivity (Wildman–Crippen MR) is 75.2 cm³/mol. The summed E-state index contributed by atoms with van der Waals surface area (Å²) in [4.78, 5) is 10.8. The lowest BCUT2D eigenvalue weighted by molar-refractivity contribution is -0.117. The first kappa shape index (κ1) is 16.4. The Morgan fingerprint density at radius 3 is 2.67 bits per heavy atom. The van der Waals surface area contributed by atoms with Gasteiger partial charge in [0.1, 0.15) is 5.78 Å². The van der Waals surface area contributed by atoms with Gasteiger partial charge in [0.05, 0.1) is 11.8 Å². The number of carbonyl (C=O) groups is 1. The average Bonchev–Trinajstić information content (AvgIpc) is 2.77. The number of aryl methyl sites for hydroxylation is 1. The maximum absolute atomic E-state index is 10.8. The summed E-state index contributed by atoms with van der Waals surface area (Å²) in [5.74, 6) is 6.76. The Kier molecular flexibility index (Phi) is 8.65. The van der Waals surface area contributed by atoms with Gasteiger partial charge < -0.3 is 4.79 Å². The second-order valence-electron chi connectivity index (χ2n) is 4.22. The molecular weight excluding hydrogens is 224 g/mol. The summed E-state index contributed by atoms with van der Waals surface area (Å²) in [6.07, 6.45) is 5.15. The van der Waals surface area contributed by atoms with Gasteiger partial charge in [-0.25, -0.2) is 0 Å². The first-order valence-electron chi connectivity index (χ1n) is 6.61. The van der Waals surface area contributed by atoms with Crippen molar-refractivity contribution in [3.8, 4) is 11.8 Å². The van der Waals surface area contributed by atoms with Crippen LogP contribution in [0.3, 0.4) is 0 Å². The summed E-state index contributed by atoms with van der Waals surface area (Å²) in [7, 11) is 0. The molecule has 0 unspecified atom stereocenters. The van der Waals surface area contributed by atoms with Crippen LogP contribution in [0.1, 0.15) is 53.0 Å². The van der Waals surface area contributed by atoms with Crippen molar-refractivity contribution in [3.05, 3.63) is 18.0 Å². The predicted octanol–water partition coefficient (Wildman–Crippen LogP) is 3.29. The van der Waals surface area contributed by atoms with Crippen molar-refractivity contribution < 1.29 is 4.79 Å². The van der Waals surface area contributed by atoms with E-state index in [1.54, 1.807) is 13.1 Å². The highest BCUT2D eigenvalue weighted by molar-refractivity contribution is 5.75. The van der Waals surface area contributed by atoms with E-state index in [2.05, 4.69) is 30.8 Å². The Labute approximate surface area is 111 Å². The van der Waals surface area contributed by atoms with E-state index < -0.39 is 0 Å². The summed E-state index contributed by atoms with van der Waals surface area (Å²) in [5, 5.41) is 4.19. The van der Waals surface area contributed by atoms with Gasteiger partial charge in [-0.2, -0.15) is 5.10 Å². The molecule has 100 valence electrons. The SMILES string of the molecule is CC.CC(=O)CCCn1cc(C#CC(C)C)cn1. The monoisotopic (exact) mass is 248 g/mol. The Morgan fingerprint density at radius 2 is 2.11 bits per heavy atom. The van der Waals surface area contributed by atoms with Crippen LogP contribution in [0, 0.1) is 17.8 Å². The highest BCUT2D eigenvalue weighted by atomic mass is 16.1. The molecule has 1 aromatic heterocycles. The van der Waals surface area contributed by atoms with Gasteiger partial charge in [-0.05, 0) is 13.3 Å². The van der Waals surface area contributed by atoms with Crippen LogP contribution >= 0.6 is 0 Å². The molecule has 0 radical (unpaired) electrons. The lowest BCUT2D eigenvalue weighted by Gasteiger charge is -1.97. The Morgan fingerprint density at radius 1 is 1.44 bits per heavy atom. The number of rotatable bonds is 4. The molecule has 1 heterocycles. The van der Waals surface area contributed by atoms with E-state index in [1.165, 1.54) is 0 Å². The molecule has 0 amide bonds. The maximum atomic E-state index is 10.8. The molecule has 0 aromatic carbocycles. The van der Waals surface area contributed by atoms with Gasteiger partial charge in [0.15, 0.2) is 0 Å². The van der Waals surface area contributed by atoms with Crippen LogP contribution < -0.4 is 0 Å². The Hall–Kier alpha value is -1.56. The molecule has 0 aliphatic heterocycles. The molecule has 1 aromatic rings. The van der Waals surface area contributed by atoms with Crippen molar-refractivity contribution in [2.45, 2.75) is 54.0 Å². The number of Topliss-reactive ketones (excluding diaryl/α,β-unsaturated/α-hetero) is 1. The first-order valence-corrected chi connectivity index (χ1v) is 6.61. The van der Waals surface area contributed by atoms with E-state index in [-0.39, 0.29) is 5.78 Å². The standard InChI is InChI=1S/C13H18N2O.C2H6/c1-11(2)6-7-13-9-14-15(10-13)8-4-5-12(3)16;1-2/h9-11H,4-5,8H2,1-3H3;1-2H3. The quantitative estimate of drug-likeness (QED) is 0.766. The molecule has 0 aliphatic rings.